The number of aromatic amines is 3. The Morgan fingerprint density at radius 3 is 1.47 bits per heavy atom. The van der Waals surface area contributed by atoms with E-state index < -0.39 is 0 Å². The van der Waals surface area contributed by atoms with Crippen LogP contribution < -0.4 is 0 Å². The normalized spacial score (nSPS) is 12.2. The van der Waals surface area contributed by atoms with Crippen molar-refractivity contribution in [1.82, 2.24) is 19.9 Å². The first-order valence-corrected chi connectivity index (χ1v) is 11.7. The molecule has 4 rings (SSSR count). The molecule has 5 nitrogen and oxygen atoms in total. The third-order valence-electron chi connectivity index (χ3n) is 4.96. The Hall–Kier alpha value is -2.82. The van der Waals surface area contributed by atoms with Gasteiger partial charge in [0, 0.05) is 42.1 Å². The molecular formula is C27H44N5+. The molecule has 3 aromatic heterocycles. The lowest BCUT2D eigenvalue weighted by molar-refractivity contribution is -0.484. The Balaban J connectivity index is 0.000000213. The van der Waals surface area contributed by atoms with Crippen LogP contribution in [0.15, 0.2) is 61.5 Å². The van der Waals surface area contributed by atoms with Crippen molar-refractivity contribution in [3.63, 3.8) is 0 Å². The first kappa shape index (κ1) is 27.2. The Morgan fingerprint density at radius 1 is 0.750 bits per heavy atom. The zero-order chi connectivity index (χ0) is 23.9. The molecule has 1 aliphatic heterocycles. The van der Waals surface area contributed by atoms with E-state index in [1.165, 1.54) is 17.1 Å². The highest BCUT2D eigenvalue weighted by Crippen LogP contribution is 2.10. The fourth-order valence-corrected chi connectivity index (χ4v) is 2.80. The number of nitrogens with one attached hydrogen (secondary N) is 3. The van der Waals surface area contributed by atoms with E-state index in [9.17, 15) is 0 Å². The molecule has 0 aromatic carbocycles. The molecule has 1 aliphatic rings. The number of aromatic nitrogens is 4. The highest BCUT2D eigenvalue weighted by Gasteiger charge is 2.07. The Bertz CT molecular complexity index is 759. The van der Waals surface area contributed by atoms with Crippen molar-refractivity contribution >= 4 is 6.21 Å². The third-order valence-corrected chi connectivity index (χ3v) is 4.96. The number of nitrogens with zero attached hydrogens (tertiary/aromatic N) is 2. The number of allylic oxidation sites excluding steroid dienone is 1. The van der Waals surface area contributed by atoms with Crippen LogP contribution in [0.3, 0.4) is 0 Å². The van der Waals surface area contributed by atoms with Gasteiger partial charge in [-0.3, -0.25) is 0 Å². The van der Waals surface area contributed by atoms with Gasteiger partial charge in [-0.2, -0.15) is 0 Å². The van der Waals surface area contributed by atoms with Gasteiger partial charge in [0.2, 0.25) is 0 Å². The average Bonchev–Trinajstić information content (AvgIpc) is 3.56. The highest BCUT2D eigenvalue weighted by atomic mass is 15.0. The summed E-state index contributed by atoms with van der Waals surface area (Å²) in [5.74, 6) is 1.83. The number of hydrogen-bond donors (Lipinski definition) is 3. The van der Waals surface area contributed by atoms with Crippen LogP contribution in [-0.4, -0.2) is 36.8 Å². The molecule has 0 bridgehead atoms. The minimum Gasteiger partial charge on any atom is -0.365 e. The van der Waals surface area contributed by atoms with Gasteiger partial charge in [-0.15, -0.1) is 0 Å². The van der Waals surface area contributed by atoms with Crippen LogP contribution in [0.25, 0.3) is 0 Å². The minimum absolute atomic E-state index is 0.567. The summed E-state index contributed by atoms with van der Waals surface area (Å²) in [6, 6.07) is 8.88. The molecule has 32 heavy (non-hydrogen) atoms. The largest absolute Gasteiger partial charge is 0.365 e. The topological polar surface area (TPSA) is 63.3 Å². The van der Waals surface area contributed by atoms with Gasteiger partial charge in [-0.1, -0.05) is 41.5 Å². The Kier molecular flexibility index (Phi) is 12.8. The van der Waals surface area contributed by atoms with Gasteiger partial charge in [-0.25, -0.2) is 9.56 Å². The van der Waals surface area contributed by atoms with E-state index in [-0.39, 0.29) is 0 Å². The molecule has 176 valence electrons. The molecule has 0 spiro atoms. The maximum absolute atomic E-state index is 3.89. The molecule has 0 amide bonds. The standard InChI is InChI=1S/C7H12N.2C7H11N.C6H10N2/c1-7(2)8-5-3-4-6-8;2*1-6(2)7-4-3-5-8-7;1-5(2)6-3-7-4-8-6/h3,5-7H,4H2,1-2H3;2*3-6,8H,1-2H3;3-5H,1-2H3,(H,7,8)/q+1;;;. The van der Waals surface area contributed by atoms with E-state index in [2.05, 4.69) is 111 Å². The van der Waals surface area contributed by atoms with Crippen molar-refractivity contribution in [2.24, 2.45) is 0 Å². The van der Waals surface area contributed by atoms with Crippen molar-refractivity contribution in [3.05, 3.63) is 78.5 Å². The number of imidazole rings is 1. The molecule has 0 unspecified atom stereocenters. The number of H-pyrrole nitrogens is 3. The predicted octanol–water partition coefficient (Wildman–Crippen LogP) is 7.20. The van der Waals surface area contributed by atoms with E-state index in [1.807, 2.05) is 30.7 Å². The lowest BCUT2D eigenvalue weighted by Crippen LogP contribution is -2.12. The molecule has 0 atom stereocenters. The first-order valence-electron chi connectivity index (χ1n) is 11.7. The molecule has 4 heterocycles. The maximum atomic E-state index is 3.89. The number of hydrogen-bond acceptors (Lipinski definition) is 1. The molecular weight excluding hydrogens is 394 g/mol. The monoisotopic (exact) mass is 438 g/mol. The average molecular weight is 439 g/mol. The molecule has 3 N–H and O–H groups in total. The van der Waals surface area contributed by atoms with Crippen molar-refractivity contribution in [3.8, 4) is 0 Å². The summed E-state index contributed by atoms with van der Waals surface area (Å²) < 4.78 is 2.22. The lowest BCUT2D eigenvalue weighted by atomic mass is 10.1. The first-order chi connectivity index (χ1) is 15.2. The quantitative estimate of drug-likeness (QED) is 0.370. The van der Waals surface area contributed by atoms with Crippen LogP contribution in [0, 0.1) is 0 Å². The third kappa shape index (κ3) is 11.0. The molecule has 0 saturated carbocycles. The SMILES string of the molecule is CC(C)[N+]1=CCC=C1.CC(C)c1ccc[nH]1.CC(C)c1ccc[nH]1.CC(C)c1cnc[nH]1. The summed E-state index contributed by atoms with van der Waals surface area (Å²) in [7, 11) is 0. The van der Waals surface area contributed by atoms with Crippen molar-refractivity contribution in [2.45, 2.75) is 85.6 Å². The predicted molar refractivity (Wildman–Crippen MR) is 138 cm³/mol. The van der Waals surface area contributed by atoms with Crippen LogP contribution in [0.5, 0.6) is 0 Å². The summed E-state index contributed by atoms with van der Waals surface area (Å²) in [5, 5.41) is 0. The van der Waals surface area contributed by atoms with E-state index in [0.717, 1.165) is 6.42 Å². The van der Waals surface area contributed by atoms with Gasteiger partial charge in [-0.05, 0) is 61.9 Å². The second-order valence-electron chi connectivity index (χ2n) is 9.07. The zero-order valence-corrected chi connectivity index (χ0v) is 21.3. The van der Waals surface area contributed by atoms with E-state index in [0.29, 0.717) is 23.8 Å². The number of rotatable bonds is 4. The maximum Gasteiger partial charge on any atom is 0.165 e. The van der Waals surface area contributed by atoms with Gasteiger partial charge in [0.1, 0.15) is 6.21 Å². The van der Waals surface area contributed by atoms with Gasteiger partial charge < -0.3 is 15.0 Å². The molecule has 5 heteroatoms. The second kappa shape index (κ2) is 15.1. The van der Waals surface area contributed by atoms with E-state index in [4.69, 9.17) is 0 Å². The molecule has 0 saturated heterocycles. The summed E-state index contributed by atoms with van der Waals surface area (Å²) in [4.78, 5) is 13.2. The van der Waals surface area contributed by atoms with Gasteiger partial charge in [0.25, 0.3) is 0 Å². The van der Waals surface area contributed by atoms with Crippen LogP contribution >= 0.6 is 0 Å². The molecule has 0 aliphatic carbocycles. The van der Waals surface area contributed by atoms with Crippen LogP contribution in [0.2, 0.25) is 0 Å². The van der Waals surface area contributed by atoms with E-state index >= 15 is 0 Å². The molecule has 0 radical (unpaired) electrons. The molecule has 0 fully saturated rings. The van der Waals surface area contributed by atoms with Crippen molar-refractivity contribution in [1.29, 1.82) is 0 Å². The summed E-state index contributed by atoms with van der Waals surface area (Å²) in [5.41, 5.74) is 3.82. The van der Waals surface area contributed by atoms with Gasteiger partial charge in [0.05, 0.1) is 6.33 Å². The fourth-order valence-electron chi connectivity index (χ4n) is 2.80. The van der Waals surface area contributed by atoms with Crippen LogP contribution in [0.4, 0.5) is 0 Å². The van der Waals surface area contributed by atoms with Crippen LogP contribution in [-0.2, 0) is 0 Å². The zero-order valence-electron chi connectivity index (χ0n) is 21.3. The van der Waals surface area contributed by atoms with Gasteiger partial charge in [0.15, 0.2) is 12.2 Å². The fraction of sp³-hybridized carbons (Fsp3) is 0.481. The second-order valence-corrected chi connectivity index (χ2v) is 9.07. The van der Waals surface area contributed by atoms with Crippen LogP contribution in [0.1, 0.15) is 96.6 Å². The highest BCUT2D eigenvalue weighted by molar-refractivity contribution is 5.55. The van der Waals surface area contributed by atoms with Gasteiger partial charge >= 0.3 is 0 Å². The lowest BCUT2D eigenvalue weighted by Gasteiger charge is -1.97. The van der Waals surface area contributed by atoms with Crippen molar-refractivity contribution < 1.29 is 4.58 Å². The Labute approximate surface area is 195 Å². The van der Waals surface area contributed by atoms with E-state index in [1.54, 1.807) is 6.33 Å². The summed E-state index contributed by atoms with van der Waals surface area (Å²) >= 11 is 0. The summed E-state index contributed by atoms with van der Waals surface area (Å²) in [6.45, 7) is 17.3. The summed E-state index contributed by atoms with van der Waals surface area (Å²) in [6.07, 6.45) is 15.1. The van der Waals surface area contributed by atoms with Crippen molar-refractivity contribution in [2.75, 3.05) is 0 Å². The smallest absolute Gasteiger partial charge is 0.165 e. The minimum atomic E-state index is 0.567. The Morgan fingerprint density at radius 2 is 1.28 bits per heavy atom. The molecule has 3 aromatic rings.